The third-order valence-corrected chi connectivity index (χ3v) is 3.77. The van der Waals surface area contributed by atoms with Gasteiger partial charge in [-0.3, -0.25) is 9.78 Å². The van der Waals surface area contributed by atoms with E-state index >= 15 is 0 Å². The highest BCUT2D eigenvalue weighted by Gasteiger charge is 2.08. The average Bonchev–Trinajstić information content (AvgIpc) is 2.67. The highest BCUT2D eigenvalue weighted by molar-refractivity contribution is 5.64. The summed E-state index contributed by atoms with van der Waals surface area (Å²) in [6.45, 7) is 0. The number of hydrogen-bond donors (Lipinski definition) is 2. The molecule has 0 fully saturated rings. The molecule has 0 amide bonds. The zero-order valence-corrected chi connectivity index (χ0v) is 14.7. The van der Waals surface area contributed by atoms with Crippen molar-refractivity contribution in [2.45, 2.75) is 0 Å². The monoisotopic (exact) mass is 353 g/mol. The maximum absolute atomic E-state index is 12.0. The Morgan fingerprint density at radius 1 is 0.885 bits per heavy atom. The van der Waals surface area contributed by atoms with Crippen LogP contribution in [0.25, 0.3) is 11.3 Å². The van der Waals surface area contributed by atoms with Crippen molar-refractivity contribution in [2.24, 2.45) is 0 Å². The number of rotatable bonds is 6. The van der Waals surface area contributed by atoms with Crippen molar-refractivity contribution in [3.63, 3.8) is 0 Å². The largest absolute Gasteiger partial charge is 0.497 e. The van der Waals surface area contributed by atoms with Gasteiger partial charge in [0.05, 0.1) is 27.0 Å². The number of aromatic nitrogens is 2. The van der Waals surface area contributed by atoms with E-state index in [2.05, 4.69) is 15.3 Å². The molecule has 134 valence electrons. The molecule has 0 saturated heterocycles. The molecule has 0 atom stereocenters. The van der Waals surface area contributed by atoms with Crippen LogP contribution >= 0.6 is 0 Å². The fourth-order valence-corrected chi connectivity index (χ4v) is 2.48. The van der Waals surface area contributed by atoms with Gasteiger partial charge in [0.2, 0.25) is 5.95 Å². The van der Waals surface area contributed by atoms with Crippen LogP contribution in [0.3, 0.4) is 0 Å². The average molecular weight is 353 g/mol. The summed E-state index contributed by atoms with van der Waals surface area (Å²) >= 11 is 0. The van der Waals surface area contributed by atoms with E-state index in [-0.39, 0.29) is 5.56 Å². The molecular formula is C19H19N3O4. The van der Waals surface area contributed by atoms with Crippen LogP contribution in [0.15, 0.2) is 53.3 Å². The van der Waals surface area contributed by atoms with Crippen molar-refractivity contribution in [3.8, 4) is 28.5 Å². The van der Waals surface area contributed by atoms with Gasteiger partial charge in [-0.25, -0.2) is 4.98 Å². The number of nitrogens with zero attached hydrogens (tertiary/aromatic N) is 1. The standard InChI is InChI=1S/C19H19N3O4/c1-24-14-7-4-12(5-8-14)15-11-18(23)22-19(21-15)20-13-6-9-16(25-2)17(10-13)26-3/h4-11H,1-3H3,(H2,20,21,22,23). The van der Waals surface area contributed by atoms with Gasteiger partial charge in [0.1, 0.15) is 5.75 Å². The van der Waals surface area contributed by atoms with Gasteiger partial charge in [0.25, 0.3) is 5.56 Å². The molecule has 3 rings (SSSR count). The maximum Gasteiger partial charge on any atom is 0.252 e. The highest BCUT2D eigenvalue weighted by atomic mass is 16.5. The molecule has 26 heavy (non-hydrogen) atoms. The fourth-order valence-electron chi connectivity index (χ4n) is 2.48. The second-order valence-corrected chi connectivity index (χ2v) is 5.40. The Morgan fingerprint density at radius 3 is 2.27 bits per heavy atom. The van der Waals surface area contributed by atoms with Crippen LogP contribution in [0.4, 0.5) is 11.6 Å². The van der Waals surface area contributed by atoms with Crippen molar-refractivity contribution >= 4 is 11.6 Å². The van der Waals surface area contributed by atoms with Crippen molar-refractivity contribution in [1.29, 1.82) is 0 Å². The Morgan fingerprint density at radius 2 is 1.62 bits per heavy atom. The normalized spacial score (nSPS) is 10.3. The Kier molecular flexibility index (Phi) is 5.07. The first-order valence-corrected chi connectivity index (χ1v) is 7.88. The molecule has 7 heteroatoms. The Bertz CT molecular complexity index is 952. The molecular weight excluding hydrogens is 334 g/mol. The van der Waals surface area contributed by atoms with Crippen LogP contribution in [0.2, 0.25) is 0 Å². The summed E-state index contributed by atoms with van der Waals surface area (Å²) in [5, 5.41) is 3.08. The lowest BCUT2D eigenvalue weighted by Gasteiger charge is -2.11. The number of ether oxygens (including phenoxy) is 3. The third-order valence-electron chi connectivity index (χ3n) is 3.77. The van der Waals surface area contributed by atoms with Crippen LogP contribution in [-0.2, 0) is 0 Å². The minimum absolute atomic E-state index is 0.256. The molecule has 7 nitrogen and oxygen atoms in total. The fraction of sp³-hybridized carbons (Fsp3) is 0.158. The van der Waals surface area contributed by atoms with Crippen molar-refractivity contribution in [3.05, 3.63) is 58.9 Å². The van der Waals surface area contributed by atoms with Gasteiger partial charge in [-0.05, 0) is 36.4 Å². The molecule has 1 aromatic heterocycles. The van der Waals surface area contributed by atoms with Crippen molar-refractivity contribution in [2.75, 3.05) is 26.6 Å². The third kappa shape index (κ3) is 3.77. The van der Waals surface area contributed by atoms with E-state index in [1.807, 2.05) is 24.3 Å². The molecule has 0 aliphatic rings. The number of methoxy groups -OCH3 is 3. The minimum Gasteiger partial charge on any atom is -0.497 e. The summed E-state index contributed by atoms with van der Waals surface area (Å²) in [7, 11) is 4.74. The summed E-state index contributed by atoms with van der Waals surface area (Å²) < 4.78 is 15.7. The number of benzene rings is 2. The molecule has 3 aromatic rings. The first kappa shape index (κ1) is 17.3. The van der Waals surface area contributed by atoms with E-state index in [1.165, 1.54) is 6.07 Å². The van der Waals surface area contributed by atoms with E-state index in [0.717, 1.165) is 11.3 Å². The SMILES string of the molecule is COc1ccc(-c2cc(=O)[nH]c(Nc3ccc(OC)c(OC)c3)n2)cc1. The number of anilines is 2. The topological polar surface area (TPSA) is 85.5 Å². The van der Waals surface area contributed by atoms with E-state index in [1.54, 1.807) is 39.5 Å². The van der Waals surface area contributed by atoms with Crippen LogP contribution in [0, 0.1) is 0 Å². The Labute approximate surface area is 150 Å². The zero-order valence-electron chi connectivity index (χ0n) is 14.7. The van der Waals surface area contributed by atoms with E-state index in [9.17, 15) is 4.79 Å². The summed E-state index contributed by atoms with van der Waals surface area (Å²) in [6, 6.07) is 14.1. The first-order valence-electron chi connectivity index (χ1n) is 7.88. The predicted octanol–water partition coefficient (Wildman–Crippen LogP) is 3.21. The summed E-state index contributed by atoms with van der Waals surface area (Å²) in [5.74, 6) is 2.26. The van der Waals surface area contributed by atoms with Gasteiger partial charge in [0, 0.05) is 23.4 Å². The zero-order chi connectivity index (χ0) is 18.5. The minimum atomic E-state index is -0.256. The molecule has 0 aliphatic heterocycles. The second kappa shape index (κ2) is 7.60. The molecule has 0 bridgehead atoms. The van der Waals surface area contributed by atoms with Gasteiger partial charge >= 0.3 is 0 Å². The molecule has 1 heterocycles. The quantitative estimate of drug-likeness (QED) is 0.708. The lowest BCUT2D eigenvalue weighted by atomic mass is 10.1. The Hall–Kier alpha value is -3.48. The van der Waals surface area contributed by atoms with Crippen molar-refractivity contribution < 1.29 is 14.2 Å². The summed E-state index contributed by atoms with van der Waals surface area (Å²) in [5.41, 5.74) is 1.82. The summed E-state index contributed by atoms with van der Waals surface area (Å²) in [4.78, 5) is 19.2. The number of aromatic amines is 1. The van der Waals surface area contributed by atoms with Crippen molar-refractivity contribution in [1.82, 2.24) is 9.97 Å². The van der Waals surface area contributed by atoms with Crippen LogP contribution in [0.5, 0.6) is 17.2 Å². The predicted molar refractivity (Wildman–Crippen MR) is 99.7 cm³/mol. The van der Waals surface area contributed by atoms with Crippen LogP contribution < -0.4 is 25.1 Å². The van der Waals surface area contributed by atoms with E-state index in [0.29, 0.717) is 28.8 Å². The lowest BCUT2D eigenvalue weighted by molar-refractivity contribution is 0.355. The van der Waals surface area contributed by atoms with Gasteiger partial charge in [-0.2, -0.15) is 0 Å². The molecule has 0 spiro atoms. The molecule has 0 radical (unpaired) electrons. The Balaban J connectivity index is 1.91. The van der Waals surface area contributed by atoms with Crippen LogP contribution in [0.1, 0.15) is 0 Å². The molecule has 0 unspecified atom stereocenters. The van der Waals surface area contributed by atoms with E-state index < -0.39 is 0 Å². The maximum atomic E-state index is 12.0. The van der Waals surface area contributed by atoms with Crippen LogP contribution in [-0.4, -0.2) is 31.3 Å². The molecule has 0 saturated carbocycles. The van der Waals surface area contributed by atoms with Gasteiger partial charge in [-0.15, -0.1) is 0 Å². The van der Waals surface area contributed by atoms with Gasteiger partial charge < -0.3 is 19.5 Å². The van der Waals surface area contributed by atoms with Gasteiger partial charge in [-0.1, -0.05) is 0 Å². The molecule has 0 aliphatic carbocycles. The number of nitrogens with one attached hydrogen (secondary N) is 2. The number of hydrogen-bond acceptors (Lipinski definition) is 6. The van der Waals surface area contributed by atoms with Gasteiger partial charge in [0.15, 0.2) is 11.5 Å². The molecule has 2 N–H and O–H groups in total. The highest BCUT2D eigenvalue weighted by Crippen LogP contribution is 2.30. The molecule has 2 aromatic carbocycles. The number of H-pyrrole nitrogens is 1. The second-order valence-electron chi connectivity index (χ2n) is 5.40. The smallest absolute Gasteiger partial charge is 0.252 e. The lowest BCUT2D eigenvalue weighted by Crippen LogP contribution is -2.10. The summed E-state index contributed by atoms with van der Waals surface area (Å²) in [6.07, 6.45) is 0. The van der Waals surface area contributed by atoms with E-state index in [4.69, 9.17) is 14.2 Å². The first-order chi connectivity index (χ1) is 12.6.